The van der Waals surface area contributed by atoms with Crippen LogP contribution in [-0.4, -0.2) is 18.7 Å². The van der Waals surface area contributed by atoms with Crippen LogP contribution in [0.25, 0.3) is 11.1 Å². The molecule has 4 rings (SSSR count). The highest BCUT2D eigenvalue weighted by Gasteiger charge is 2.03. The molecule has 0 spiro atoms. The molecule has 0 unspecified atom stereocenters. The minimum Gasteiger partial charge on any atom is -0.484 e. The van der Waals surface area contributed by atoms with E-state index in [4.69, 9.17) is 9.47 Å². The Morgan fingerprint density at radius 3 is 2.12 bits per heavy atom. The van der Waals surface area contributed by atoms with Gasteiger partial charge in [-0.1, -0.05) is 72.8 Å². The highest BCUT2D eigenvalue weighted by molar-refractivity contribution is 5.83. The molecule has 5 nitrogen and oxygen atoms in total. The van der Waals surface area contributed by atoms with E-state index in [-0.39, 0.29) is 12.5 Å². The zero-order chi connectivity index (χ0) is 22.0. The number of ether oxygens (including phenoxy) is 2. The lowest BCUT2D eigenvalue weighted by Crippen LogP contribution is -2.24. The Morgan fingerprint density at radius 1 is 0.719 bits per heavy atom. The molecule has 0 aliphatic heterocycles. The Labute approximate surface area is 187 Å². The monoisotopic (exact) mass is 422 g/mol. The summed E-state index contributed by atoms with van der Waals surface area (Å²) in [5.41, 5.74) is 5.49. The summed E-state index contributed by atoms with van der Waals surface area (Å²) in [6.07, 6.45) is 1.56. The molecular weight excluding hydrogens is 400 g/mol. The van der Waals surface area contributed by atoms with E-state index in [1.165, 1.54) is 0 Å². The zero-order valence-electron chi connectivity index (χ0n) is 17.3. The van der Waals surface area contributed by atoms with Crippen LogP contribution >= 0.6 is 0 Å². The second-order valence-corrected chi connectivity index (χ2v) is 6.96. The first-order valence-electron chi connectivity index (χ1n) is 10.2. The van der Waals surface area contributed by atoms with Gasteiger partial charge in [-0.15, -0.1) is 0 Å². The van der Waals surface area contributed by atoms with Gasteiger partial charge in [0.05, 0.1) is 6.21 Å². The van der Waals surface area contributed by atoms with E-state index in [1.54, 1.807) is 6.21 Å². The van der Waals surface area contributed by atoms with Gasteiger partial charge >= 0.3 is 0 Å². The van der Waals surface area contributed by atoms with Gasteiger partial charge in [0.15, 0.2) is 6.61 Å². The first-order chi connectivity index (χ1) is 15.8. The Balaban J connectivity index is 1.25. The van der Waals surface area contributed by atoms with Gasteiger partial charge in [-0.2, -0.15) is 5.10 Å². The van der Waals surface area contributed by atoms with Crippen molar-refractivity contribution in [2.45, 2.75) is 0 Å². The van der Waals surface area contributed by atoms with Crippen LogP contribution in [0.2, 0.25) is 0 Å². The van der Waals surface area contributed by atoms with Crippen LogP contribution in [-0.2, 0) is 4.79 Å². The van der Waals surface area contributed by atoms with E-state index in [0.29, 0.717) is 11.5 Å². The lowest BCUT2D eigenvalue weighted by atomic mass is 10.1. The zero-order valence-corrected chi connectivity index (χ0v) is 17.3. The van der Waals surface area contributed by atoms with Crippen molar-refractivity contribution in [3.05, 3.63) is 115 Å². The molecule has 5 heteroatoms. The van der Waals surface area contributed by atoms with Crippen LogP contribution in [0.4, 0.5) is 0 Å². The van der Waals surface area contributed by atoms with Crippen LogP contribution in [0.15, 0.2) is 114 Å². The topological polar surface area (TPSA) is 59.9 Å². The third-order valence-corrected chi connectivity index (χ3v) is 4.57. The molecule has 0 saturated carbocycles. The third kappa shape index (κ3) is 6.06. The second kappa shape index (κ2) is 10.6. The summed E-state index contributed by atoms with van der Waals surface area (Å²) in [7, 11) is 0. The SMILES string of the molecule is O=C(COc1ccc(-c2ccccc2)cc1)N/N=C/c1cccc(Oc2ccccc2)c1. The molecule has 1 amide bonds. The van der Waals surface area contributed by atoms with E-state index in [0.717, 1.165) is 22.4 Å². The van der Waals surface area contributed by atoms with E-state index in [9.17, 15) is 4.79 Å². The number of hydrogen-bond acceptors (Lipinski definition) is 4. The number of carbonyl (C=O) groups is 1. The summed E-state index contributed by atoms with van der Waals surface area (Å²) in [4.78, 5) is 12.0. The van der Waals surface area contributed by atoms with E-state index < -0.39 is 0 Å². The number of benzene rings is 4. The molecule has 0 aliphatic carbocycles. The maximum atomic E-state index is 12.0. The quantitative estimate of drug-likeness (QED) is 0.294. The van der Waals surface area contributed by atoms with Gasteiger partial charge in [0.2, 0.25) is 0 Å². The number of para-hydroxylation sites is 1. The first kappa shape index (κ1) is 20.9. The van der Waals surface area contributed by atoms with Crippen LogP contribution in [0.1, 0.15) is 5.56 Å². The standard InChI is InChI=1S/C27H22N2O3/c30-27(20-31-24-16-14-23(15-17-24)22-9-3-1-4-10-22)29-28-19-21-8-7-13-26(18-21)32-25-11-5-2-6-12-25/h1-19H,20H2,(H,29,30)/b28-19+. The predicted molar refractivity (Wildman–Crippen MR) is 126 cm³/mol. The van der Waals surface area contributed by atoms with Gasteiger partial charge in [-0.25, -0.2) is 5.43 Å². The van der Waals surface area contributed by atoms with Crippen molar-refractivity contribution in [3.63, 3.8) is 0 Å². The Bertz CT molecular complexity index is 1170. The number of nitrogens with one attached hydrogen (secondary N) is 1. The normalized spacial score (nSPS) is 10.6. The summed E-state index contributed by atoms with van der Waals surface area (Å²) in [5.74, 6) is 1.72. The smallest absolute Gasteiger partial charge is 0.277 e. The van der Waals surface area contributed by atoms with Crippen molar-refractivity contribution in [3.8, 4) is 28.4 Å². The maximum Gasteiger partial charge on any atom is 0.277 e. The lowest BCUT2D eigenvalue weighted by molar-refractivity contribution is -0.123. The highest BCUT2D eigenvalue weighted by Crippen LogP contribution is 2.22. The Kier molecular flexibility index (Phi) is 6.91. The average Bonchev–Trinajstić information content (AvgIpc) is 2.85. The van der Waals surface area contributed by atoms with Crippen LogP contribution in [0, 0.1) is 0 Å². The molecule has 0 fully saturated rings. The highest BCUT2D eigenvalue weighted by atomic mass is 16.5. The lowest BCUT2D eigenvalue weighted by Gasteiger charge is -2.07. The molecule has 158 valence electrons. The van der Waals surface area contributed by atoms with Gasteiger partial charge < -0.3 is 9.47 Å². The fraction of sp³-hybridized carbons (Fsp3) is 0.0370. The van der Waals surface area contributed by atoms with Crippen molar-refractivity contribution in [1.82, 2.24) is 5.43 Å². The molecule has 0 saturated heterocycles. The number of hydrazone groups is 1. The van der Waals surface area contributed by atoms with E-state index >= 15 is 0 Å². The van der Waals surface area contributed by atoms with E-state index in [1.807, 2.05) is 109 Å². The average molecular weight is 422 g/mol. The van der Waals surface area contributed by atoms with E-state index in [2.05, 4.69) is 10.5 Å². The Hall–Kier alpha value is -4.38. The molecule has 1 N–H and O–H groups in total. The fourth-order valence-corrected chi connectivity index (χ4v) is 3.02. The van der Waals surface area contributed by atoms with Gasteiger partial charge in [-0.05, 0) is 53.1 Å². The number of nitrogens with zero attached hydrogens (tertiary/aromatic N) is 1. The maximum absolute atomic E-state index is 12.0. The molecule has 0 atom stereocenters. The molecule has 0 aliphatic rings. The van der Waals surface area contributed by atoms with Gasteiger partial charge in [0.25, 0.3) is 5.91 Å². The van der Waals surface area contributed by atoms with Crippen molar-refractivity contribution in [1.29, 1.82) is 0 Å². The molecule has 4 aromatic carbocycles. The summed E-state index contributed by atoms with van der Waals surface area (Å²) in [6, 6.07) is 34.7. The van der Waals surface area contributed by atoms with Crippen molar-refractivity contribution in [2.75, 3.05) is 6.61 Å². The molecule has 0 bridgehead atoms. The number of amides is 1. The molecule has 0 heterocycles. The molecule has 4 aromatic rings. The van der Waals surface area contributed by atoms with Crippen molar-refractivity contribution < 1.29 is 14.3 Å². The van der Waals surface area contributed by atoms with Gasteiger partial charge in [0.1, 0.15) is 17.2 Å². The van der Waals surface area contributed by atoms with Crippen LogP contribution in [0.5, 0.6) is 17.2 Å². The first-order valence-corrected chi connectivity index (χ1v) is 10.2. The molecular formula is C27H22N2O3. The van der Waals surface area contributed by atoms with Gasteiger partial charge in [-0.3, -0.25) is 4.79 Å². The fourth-order valence-electron chi connectivity index (χ4n) is 3.02. The number of carbonyl (C=O) groups excluding carboxylic acids is 1. The predicted octanol–water partition coefficient (Wildman–Crippen LogP) is 5.68. The number of hydrogen-bond donors (Lipinski definition) is 1. The van der Waals surface area contributed by atoms with Gasteiger partial charge in [0, 0.05) is 0 Å². The second-order valence-electron chi connectivity index (χ2n) is 6.96. The Morgan fingerprint density at radius 2 is 1.38 bits per heavy atom. The molecule has 32 heavy (non-hydrogen) atoms. The summed E-state index contributed by atoms with van der Waals surface area (Å²) in [6.45, 7) is -0.126. The van der Waals surface area contributed by atoms with Crippen molar-refractivity contribution >= 4 is 12.1 Å². The summed E-state index contributed by atoms with van der Waals surface area (Å²) >= 11 is 0. The van der Waals surface area contributed by atoms with Crippen LogP contribution in [0.3, 0.4) is 0 Å². The summed E-state index contributed by atoms with van der Waals surface area (Å²) in [5, 5.41) is 4.00. The van der Waals surface area contributed by atoms with Crippen LogP contribution < -0.4 is 14.9 Å². The number of rotatable bonds is 8. The summed E-state index contributed by atoms with van der Waals surface area (Å²) < 4.78 is 11.3. The third-order valence-electron chi connectivity index (χ3n) is 4.57. The minimum atomic E-state index is -0.343. The minimum absolute atomic E-state index is 0.126. The largest absolute Gasteiger partial charge is 0.484 e. The molecule has 0 radical (unpaired) electrons. The molecule has 0 aromatic heterocycles. The van der Waals surface area contributed by atoms with Crippen molar-refractivity contribution in [2.24, 2.45) is 5.10 Å².